The van der Waals surface area contributed by atoms with Crippen LogP contribution in [0.3, 0.4) is 0 Å². The molecule has 0 saturated heterocycles. The van der Waals surface area contributed by atoms with Crippen LogP contribution in [0.1, 0.15) is 11.1 Å². The zero-order chi connectivity index (χ0) is 13.8. The number of benzene rings is 2. The van der Waals surface area contributed by atoms with Gasteiger partial charge in [0.2, 0.25) is 5.91 Å². The third kappa shape index (κ3) is 3.13. The van der Waals surface area contributed by atoms with Gasteiger partial charge in [-0.15, -0.1) is 0 Å². The molecule has 0 aliphatic rings. The number of amides is 1. The van der Waals surface area contributed by atoms with Crippen LogP contribution in [0.15, 0.2) is 48.5 Å². The molecule has 0 aliphatic heterocycles. The van der Waals surface area contributed by atoms with Crippen molar-refractivity contribution in [2.45, 2.75) is 0 Å². The first-order valence-electron chi connectivity index (χ1n) is 5.79. The maximum absolute atomic E-state index is 11.6. The van der Waals surface area contributed by atoms with E-state index < -0.39 is 5.91 Å². The molecule has 4 heteroatoms. The first kappa shape index (κ1) is 12.7. The molecule has 0 heterocycles. The number of nitrogens with two attached hydrogens (primary N) is 3. The molecule has 0 aromatic heterocycles. The smallest absolute Gasteiger partial charge is 0.249 e. The SMILES string of the molecule is NC(=O)C(=Cc1ccc(N)cc1)c1ccc(N)cc1. The highest BCUT2D eigenvalue weighted by Crippen LogP contribution is 2.19. The van der Waals surface area contributed by atoms with Crippen molar-refractivity contribution in [1.82, 2.24) is 0 Å². The van der Waals surface area contributed by atoms with Gasteiger partial charge in [-0.3, -0.25) is 4.79 Å². The Morgan fingerprint density at radius 3 is 1.79 bits per heavy atom. The number of carbonyl (C=O) groups is 1. The normalized spacial score (nSPS) is 11.3. The molecule has 19 heavy (non-hydrogen) atoms. The third-order valence-corrected chi connectivity index (χ3v) is 2.73. The molecule has 0 aliphatic carbocycles. The highest BCUT2D eigenvalue weighted by atomic mass is 16.1. The molecule has 0 fully saturated rings. The first-order valence-corrected chi connectivity index (χ1v) is 5.79. The average Bonchev–Trinajstić information content (AvgIpc) is 2.39. The van der Waals surface area contributed by atoms with Gasteiger partial charge in [0.15, 0.2) is 0 Å². The molecule has 6 N–H and O–H groups in total. The lowest BCUT2D eigenvalue weighted by Crippen LogP contribution is -2.12. The van der Waals surface area contributed by atoms with Crippen LogP contribution in [0.5, 0.6) is 0 Å². The molecule has 0 bridgehead atoms. The van der Waals surface area contributed by atoms with E-state index in [0.29, 0.717) is 16.9 Å². The van der Waals surface area contributed by atoms with E-state index in [2.05, 4.69) is 0 Å². The van der Waals surface area contributed by atoms with Crippen LogP contribution < -0.4 is 17.2 Å². The second-order valence-electron chi connectivity index (χ2n) is 4.21. The van der Waals surface area contributed by atoms with Crippen molar-refractivity contribution in [3.63, 3.8) is 0 Å². The van der Waals surface area contributed by atoms with Crippen LogP contribution in [0.25, 0.3) is 11.6 Å². The lowest BCUT2D eigenvalue weighted by atomic mass is 10.0. The Morgan fingerprint density at radius 2 is 1.32 bits per heavy atom. The zero-order valence-corrected chi connectivity index (χ0v) is 10.3. The lowest BCUT2D eigenvalue weighted by molar-refractivity contribution is -0.112. The van der Waals surface area contributed by atoms with E-state index in [1.807, 2.05) is 12.1 Å². The minimum Gasteiger partial charge on any atom is -0.399 e. The summed E-state index contributed by atoms with van der Waals surface area (Å²) in [6.07, 6.45) is 1.73. The minimum atomic E-state index is -0.485. The van der Waals surface area contributed by atoms with E-state index in [1.165, 1.54) is 0 Å². The van der Waals surface area contributed by atoms with Gasteiger partial charge in [0, 0.05) is 16.9 Å². The van der Waals surface area contributed by atoms with Gasteiger partial charge in [-0.2, -0.15) is 0 Å². The molecule has 0 atom stereocenters. The molecule has 0 spiro atoms. The van der Waals surface area contributed by atoms with Crippen molar-refractivity contribution in [3.8, 4) is 0 Å². The molecular weight excluding hydrogens is 238 g/mol. The van der Waals surface area contributed by atoms with Gasteiger partial charge in [0.1, 0.15) is 0 Å². The number of carbonyl (C=O) groups excluding carboxylic acids is 1. The topological polar surface area (TPSA) is 95.1 Å². The molecule has 2 aromatic rings. The van der Waals surface area contributed by atoms with E-state index in [4.69, 9.17) is 17.2 Å². The molecule has 0 radical (unpaired) electrons. The second kappa shape index (κ2) is 5.27. The highest BCUT2D eigenvalue weighted by Gasteiger charge is 2.08. The van der Waals surface area contributed by atoms with Crippen LogP contribution >= 0.6 is 0 Å². The standard InChI is InChI=1S/C15H15N3O/c16-12-5-1-10(2-6-12)9-14(15(18)19)11-3-7-13(17)8-4-11/h1-9H,16-17H2,(H2,18,19). The number of hydrogen-bond donors (Lipinski definition) is 3. The fraction of sp³-hybridized carbons (Fsp3) is 0. The maximum atomic E-state index is 11.6. The highest BCUT2D eigenvalue weighted by molar-refractivity contribution is 6.23. The predicted octanol–water partition coefficient (Wildman–Crippen LogP) is 1.88. The molecule has 0 saturated carbocycles. The Labute approximate surface area is 111 Å². The van der Waals surface area contributed by atoms with E-state index in [-0.39, 0.29) is 0 Å². The summed E-state index contributed by atoms with van der Waals surface area (Å²) in [5.41, 5.74) is 20.0. The summed E-state index contributed by atoms with van der Waals surface area (Å²) in [6, 6.07) is 14.2. The monoisotopic (exact) mass is 253 g/mol. The van der Waals surface area contributed by atoms with Crippen LogP contribution in [0.2, 0.25) is 0 Å². The number of anilines is 2. The Hall–Kier alpha value is -2.75. The molecule has 0 unspecified atom stereocenters. The second-order valence-corrected chi connectivity index (χ2v) is 4.21. The molecule has 2 aromatic carbocycles. The van der Waals surface area contributed by atoms with Crippen molar-refractivity contribution >= 4 is 28.9 Å². The summed E-state index contributed by atoms with van der Waals surface area (Å²) in [5, 5.41) is 0. The summed E-state index contributed by atoms with van der Waals surface area (Å²) in [7, 11) is 0. The Balaban J connectivity index is 2.43. The van der Waals surface area contributed by atoms with Gasteiger partial charge in [-0.05, 0) is 41.5 Å². The number of nitrogen functional groups attached to an aromatic ring is 2. The van der Waals surface area contributed by atoms with Crippen molar-refractivity contribution < 1.29 is 4.79 Å². The van der Waals surface area contributed by atoms with Crippen LogP contribution in [-0.2, 0) is 4.79 Å². The predicted molar refractivity (Wildman–Crippen MR) is 78.8 cm³/mol. The average molecular weight is 253 g/mol. The molecule has 1 amide bonds. The summed E-state index contributed by atoms with van der Waals surface area (Å²) in [5.74, 6) is -0.485. The molecule has 4 nitrogen and oxygen atoms in total. The first-order chi connectivity index (χ1) is 9.06. The maximum Gasteiger partial charge on any atom is 0.249 e. The molecule has 2 rings (SSSR count). The fourth-order valence-corrected chi connectivity index (χ4v) is 1.72. The van der Waals surface area contributed by atoms with Gasteiger partial charge in [0.25, 0.3) is 0 Å². The molecular formula is C15H15N3O. The minimum absolute atomic E-state index is 0.435. The van der Waals surface area contributed by atoms with Gasteiger partial charge >= 0.3 is 0 Å². The van der Waals surface area contributed by atoms with Gasteiger partial charge in [-0.25, -0.2) is 0 Å². The van der Waals surface area contributed by atoms with Crippen molar-refractivity contribution in [2.24, 2.45) is 5.73 Å². The quantitative estimate of drug-likeness (QED) is 0.442. The summed E-state index contributed by atoms with van der Waals surface area (Å²) in [4.78, 5) is 11.6. The third-order valence-electron chi connectivity index (χ3n) is 2.73. The fourth-order valence-electron chi connectivity index (χ4n) is 1.72. The van der Waals surface area contributed by atoms with Crippen molar-refractivity contribution in [3.05, 3.63) is 59.7 Å². The van der Waals surface area contributed by atoms with Crippen molar-refractivity contribution in [1.29, 1.82) is 0 Å². The number of hydrogen-bond acceptors (Lipinski definition) is 3. The summed E-state index contributed by atoms with van der Waals surface area (Å²) in [6.45, 7) is 0. The Kier molecular flexibility index (Phi) is 3.52. The van der Waals surface area contributed by atoms with E-state index in [9.17, 15) is 4.79 Å². The van der Waals surface area contributed by atoms with Crippen LogP contribution in [0.4, 0.5) is 11.4 Å². The van der Waals surface area contributed by atoms with Gasteiger partial charge in [-0.1, -0.05) is 24.3 Å². The van der Waals surface area contributed by atoms with Crippen LogP contribution in [0, 0.1) is 0 Å². The zero-order valence-electron chi connectivity index (χ0n) is 10.3. The van der Waals surface area contributed by atoms with Gasteiger partial charge in [0.05, 0.1) is 0 Å². The van der Waals surface area contributed by atoms with E-state index in [0.717, 1.165) is 11.1 Å². The van der Waals surface area contributed by atoms with Gasteiger partial charge < -0.3 is 17.2 Å². The number of rotatable bonds is 3. The largest absolute Gasteiger partial charge is 0.399 e. The lowest BCUT2D eigenvalue weighted by Gasteiger charge is -2.05. The molecule has 96 valence electrons. The Morgan fingerprint density at radius 1 is 0.842 bits per heavy atom. The van der Waals surface area contributed by atoms with Crippen molar-refractivity contribution in [2.75, 3.05) is 11.5 Å². The summed E-state index contributed by atoms with van der Waals surface area (Å²) >= 11 is 0. The van der Waals surface area contributed by atoms with Crippen LogP contribution in [-0.4, -0.2) is 5.91 Å². The summed E-state index contributed by atoms with van der Waals surface area (Å²) < 4.78 is 0. The van der Waals surface area contributed by atoms with E-state index in [1.54, 1.807) is 42.5 Å². The van der Waals surface area contributed by atoms with E-state index >= 15 is 0 Å². The number of primary amides is 1. The Bertz CT molecular complexity index is 613.